The van der Waals surface area contributed by atoms with Crippen LogP contribution < -0.4 is 0 Å². The van der Waals surface area contributed by atoms with E-state index in [9.17, 15) is 35.1 Å². The van der Waals surface area contributed by atoms with Crippen LogP contribution >= 0.6 is 0 Å². The van der Waals surface area contributed by atoms with Crippen LogP contribution in [-0.4, -0.2) is 25.4 Å². The maximum Gasteiger partial charge on any atom is 0.492 e. The monoisotopic (exact) mass is 234 g/mol. The Kier molecular flexibility index (Phi) is 3.67. The van der Waals surface area contributed by atoms with Crippen molar-refractivity contribution in [3.05, 3.63) is 0 Å². The Labute approximate surface area is 71.4 Å². The van der Waals surface area contributed by atoms with Crippen molar-refractivity contribution in [2.75, 3.05) is 6.86 Å². The molecule has 0 saturated carbocycles. The SMILES string of the molecule is FCOC(F)(F)OC(F)(F)C(F)(F)F. The molecule has 0 bridgehead atoms. The van der Waals surface area contributed by atoms with Crippen molar-refractivity contribution in [1.29, 1.82) is 0 Å². The highest BCUT2D eigenvalue weighted by Gasteiger charge is 2.64. The molecule has 0 aromatic rings. The molecule has 0 rings (SSSR count). The van der Waals surface area contributed by atoms with Crippen LogP contribution in [0.1, 0.15) is 0 Å². The lowest BCUT2D eigenvalue weighted by Crippen LogP contribution is -2.45. The van der Waals surface area contributed by atoms with Gasteiger partial charge in [0, 0.05) is 0 Å². The summed E-state index contributed by atoms with van der Waals surface area (Å²) in [6.07, 6.45) is -17.8. The third kappa shape index (κ3) is 3.62. The van der Waals surface area contributed by atoms with Crippen LogP contribution in [0.4, 0.5) is 35.1 Å². The first-order valence-electron chi connectivity index (χ1n) is 2.74. The van der Waals surface area contributed by atoms with Gasteiger partial charge in [-0.05, 0) is 0 Å². The summed E-state index contributed by atoms with van der Waals surface area (Å²) in [6.45, 7) is -2.28. The molecule has 0 heterocycles. The fourth-order valence-electron chi connectivity index (χ4n) is 0.300. The number of hydrogen-bond donors (Lipinski definition) is 0. The first kappa shape index (κ1) is 13.4. The largest absolute Gasteiger partial charge is 0.492 e. The second-order valence-electron chi connectivity index (χ2n) is 1.83. The Morgan fingerprint density at radius 2 is 1.29 bits per heavy atom. The van der Waals surface area contributed by atoms with E-state index < -0.39 is 25.4 Å². The van der Waals surface area contributed by atoms with Gasteiger partial charge in [0.25, 0.3) is 0 Å². The van der Waals surface area contributed by atoms with Gasteiger partial charge in [0.15, 0.2) is 6.86 Å². The molecule has 0 amide bonds. The van der Waals surface area contributed by atoms with Crippen LogP contribution in [0.3, 0.4) is 0 Å². The van der Waals surface area contributed by atoms with E-state index in [0.717, 1.165) is 0 Å². The standard InChI is InChI=1S/C4H2F8O2/c5-1-13-4(11,12)14-3(9,10)2(6,7)8/h1H2. The number of halogens is 8. The minimum atomic E-state index is -6.34. The quantitative estimate of drug-likeness (QED) is 0.549. The summed E-state index contributed by atoms with van der Waals surface area (Å²) >= 11 is 0. The highest BCUT2D eigenvalue weighted by molar-refractivity contribution is 4.64. The molecule has 0 fully saturated rings. The molecular formula is C4H2F8O2. The summed E-state index contributed by atoms with van der Waals surface area (Å²) < 4.78 is 96.3. The molecule has 0 aliphatic heterocycles. The fraction of sp³-hybridized carbons (Fsp3) is 1.00. The van der Waals surface area contributed by atoms with Gasteiger partial charge >= 0.3 is 18.6 Å². The molecule has 0 aliphatic carbocycles. The molecule has 0 radical (unpaired) electrons. The molecule has 2 nitrogen and oxygen atoms in total. The van der Waals surface area contributed by atoms with Crippen molar-refractivity contribution < 1.29 is 44.6 Å². The summed E-state index contributed by atoms with van der Waals surface area (Å²) in [5.41, 5.74) is 0. The van der Waals surface area contributed by atoms with E-state index in [1.807, 2.05) is 4.74 Å². The second-order valence-corrected chi connectivity index (χ2v) is 1.83. The first-order chi connectivity index (χ1) is 6.02. The molecule has 0 aliphatic rings. The lowest BCUT2D eigenvalue weighted by molar-refractivity contribution is -0.515. The molecule has 0 aromatic carbocycles. The predicted molar refractivity (Wildman–Crippen MR) is 24.1 cm³/mol. The maximum absolute atomic E-state index is 11.8. The molecule has 0 saturated heterocycles. The van der Waals surface area contributed by atoms with Crippen LogP contribution in [0.5, 0.6) is 0 Å². The lowest BCUT2D eigenvalue weighted by atomic mass is 10.6. The highest BCUT2D eigenvalue weighted by atomic mass is 19.4. The highest BCUT2D eigenvalue weighted by Crippen LogP contribution is 2.40. The van der Waals surface area contributed by atoms with Gasteiger partial charge in [-0.2, -0.15) is 22.0 Å². The van der Waals surface area contributed by atoms with Crippen molar-refractivity contribution in [2.24, 2.45) is 0 Å². The Morgan fingerprint density at radius 1 is 0.857 bits per heavy atom. The van der Waals surface area contributed by atoms with Gasteiger partial charge in [-0.15, -0.1) is 8.78 Å². The van der Waals surface area contributed by atoms with E-state index in [0.29, 0.717) is 0 Å². The van der Waals surface area contributed by atoms with Crippen molar-refractivity contribution >= 4 is 0 Å². The minimum absolute atomic E-state index is 1.98. The van der Waals surface area contributed by atoms with Crippen LogP contribution in [0, 0.1) is 0 Å². The van der Waals surface area contributed by atoms with Crippen molar-refractivity contribution in [3.8, 4) is 0 Å². The maximum atomic E-state index is 11.8. The van der Waals surface area contributed by atoms with Crippen LogP contribution in [-0.2, 0) is 9.47 Å². The zero-order valence-electron chi connectivity index (χ0n) is 6.05. The van der Waals surface area contributed by atoms with Crippen LogP contribution in [0.25, 0.3) is 0 Å². The van der Waals surface area contributed by atoms with Gasteiger partial charge in [-0.25, -0.2) is 9.13 Å². The molecule has 0 N–H and O–H groups in total. The minimum Gasteiger partial charge on any atom is -0.264 e. The van der Waals surface area contributed by atoms with Crippen LogP contribution in [0.2, 0.25) is 0 Å². The van der Waals surface area contributed by atoms with E-state index in [1.54, 1.807) is 0 Å². The molecule has 14 heavy (non-hydrogen) atoms. The zero-order chi connectivity index (χ0) is 11.6. The number of rotatable bonds is 4. The lowest BCUT2D eigenvalue weighted by Gasteiger charge is -2.23. The zero-order valence-corrected chi connectivity index (χ0v) is 6.05. The van der Waals surface area contributed by atoms with Gasteiger partial charge < -0.3 is 0 Å². The molecule has 86 valence electrons. The Bertz CT molecular complexity index is 186. The van der Waals surface area contributed by atoms with E-state index in [1.165, 1.54) is 0 Å². The normalized spacial score (nSPS) is 14.6. The van der Waals surface area contributed by atoms with E-state index in [-0.39, 0.29) is 0 Å². The molecule has 0 spiro atoms. The van der Waals surface area contributed by atoms with Gasteiger partial charge in [0.1, 0.15) is 0 Å². The molecule has 0 unspecified atom stereocenters. The summed E-state index contributed by atoms with van der Waals surface area (Å²) in [4.78, 5) is 0. The summed E-state index contributed by atoms with van der Waals surface area (Å²) in [7, 11) is 0. The molecule has 10 heteroatoms. The molecular weight excluding hydrogens is 232 g/mol. The molecule has 0 atom stereocenters. The first-order valence-corrected chi connectivity index (χ1v) is 2.74. The third-order valence-corrected chi connectivity index (χ3v) is 0.800. The topological polar surface area (TPSA) is 18.5 Å². The Balaban J connectivity index is 4.50. The van der Waals surface area contributed by atoms with Crippen molar-refractivity contribution in [1.82, 2.24) is 0 Å². The van der Waals surface area contributed by atoms with Crippen molar-refractivity contribution in [3.63, 3.8) is 0 Å². The average Bonchev–Trinajstić information content (AvgIpc) is 1.80. The molecule has 0 aromatic heterocycles. The van der Waals surface area contributed by atoms with Crippen LogP contribution in [0.15, 0.2) is 0 Å². The van der Waals surface area contributed by atoms with E-state index in [4.69, 9.17) is 0 Å². The number of ether oxygens (including phenoxy) is 2. The Morgan fingerprint density at radius 3 is 1.57 bits per heavy atom. The fourth-order valence-corrected chi connectivity index (χ4v) is 0.300. The summed E-state index contributed by atoms with van der Waals surface area (Å²) in [5, 5.41) is 0. The average molecular weight is 234 g/mol. The Hall–Kier alpha value is -0.640. The predicted octanol–water partition coefficient (Wildman–Crippen LogP) is 2.65. The second kappa shape index (κ2) is 3.85. The van der Waals surface area contributed by atoms with Gasteiger partial charge in [0.2, 0.25) is 0 Å². The third-order valence-electron chi connectivity index (χ3n) is 0.800. The van der Waals surface area contributed by atoms with E-state index >= 15 is 0 Å². The number of alkyl halides is 8. The van der Waals surface area contributed by atoms with Gasteiger partial charge in [-0.3, -0.25) is 4.74 Å². The number of hydrogen-bond acceptors (Lipinski definition) is 2. The summed E-state index contributed by atoms with van der Waals surface area (Å²) in [6, 6.07) is 0. The van der Waals surface area contributed by atoms with Gasteiger partial charge in [0.05, 0.1) is 0 Å². The smallest absolute Gasteiger partial charge is 0.264 e. The van der Waals surface area contributed by atoms with Gasteiger partial charge in [-0.1, -0.05) is 0 Å². The van der Waals surface area contributed by atoms with Crippen molar-refractivity contribution in [2.45, 2.75) is 18.6 Å². The summed E-state index contributed by atoms with van der Waals surface area (Å²) in [5.74, 6) is 0. The van der Waals surface area contributed by atoms with E-state index in [2.05, 4.69) is 4.74 Å².